The molecule has 2 aliphatic heterocycles. The number of aliphatic hydroxyl groups is 1. The molecule has 3 aromatic heterocycles. The van der Waals surface area contributed by atoms with Crippen molar-refractivity contribution in [2.24, 2.45) is 5.92 Å². The van der Waals surface area contributed by atoms with Gasteiger partial charge < -0.3 is 20.6 Å². The number of nitrogens with one attached hydrogen (secondary N) is 2. The molecule has 3 atom stereocenters. The number of hydrogen-bond donors (Lipinski definition) is 3. The smallest absolute Gasteiger partial charge is 0.386 e. The van der Waals surface area contributed by atoms with Crippen LogP contribution in [0.1, 0.15) is 63.0 Å². The maximum atomic E-state index is 15.5. The van der Waals surface area contributed by atoms with E-state index in [1.807, 2.05) is 4.90 Å². The molecule has 0 bridgehead atoms. The van der Waals surface area contributed by atoms with Crippen LogP contribution in [0.25, 0.3) is 21.5 Å². The fourth-order valence-electron chi connectivity index (χ4n) is 8.04. The lowest BCUT2D eigenvalue weighted by molar-refractivity contribution is -0.142. The van der Waals surface area contributed by atoms with Crippen molar-refractivity contribution in [2.45, 2.75) is 56.1 Å². The number of pyridine rings is 1. The van der Waals surface area contributed by atoms with Crippen molar-refractivity contribution in [3.05, 3.63) is 106 Å². The van der Waals surface area contributed by atoms with Crippen molar-refractivity contribution in [1.29, 1.82) is 0 Å². The summed E-state index contributed by atoms with van der Waals surface area (Å²) in [6.45, 7) is 1.40. The lowest BCUT2D eigenvalue weighted by Crippen LogP contribution is -2.60. The van der Waals surface area contributed by atoms with E-state index in [1.165, 1.54) is 17.4 Å². The topological polar surface area (TPSA) is 125 Å². The van der Waals surface area contributed by atoms with Crippen molar-refractivity contribution in [3.8, 4) is 11.1 Å². The fraction of sp³-hybridized carbons (Fsp3) is 0.324. The van der Waals surface area contributed by atoms with Crippen LogP contribution in [0.15, 0.2) is 54.6 Å². The summed E-state index contributed by atoms with van der Waals surface area (Å²) in [4.78, 5) is 38.0. The molecule has 2 amide bonds. The average Bonchev–Trinajstić information content (AvgIpc) is 3.79. The predicted molar refractivity (Wildman–Crippen MR) is 184 cm³/mol. The first kappa shape index (κ1) is 35.3. The number of β-amino-alcohol motifs (C(OH)–C–C–N with tert-alkyl or cyclic N) is 1. The number of hydrogen-bond acceptors (Lipinski definition) is 8. The Bertz CT molecular complexity index is 2470. The Kier molecular flexibility index (Phi) is 7.76. The number of halogens is 7. The highest BCUT2D eigenvalue weighted by molar-refractivity contribution is 7.22. The number of nitrogens with zero attached hydrogens (tertiary/aromatic N) is 5. The summed E-state index contributed by atoms with van der Waals surface area (Å²) in [6, 6.07) is 8.24. The zero-order valence-electron chi connectivity index (χ0n) is 28.5. The maximum absolute atomic E-state index is 15.5. The zero-order chi connectivity index (χ0) is 38.8. The summed E-state index contributed by atoms with van der Waals surface area (Å²) < 4.78 is 103. The minimum Gasteiger partial charge on any atom is -0.386 e. The van der Waals surface area contributed by atoms with Crippen LogP contribution >= 0.6 is 11.3 Å². The Labute approximate surface area is 310 Å². The first-order valence-corrected chi connectivity index (χ1v) is 18.0. The molecule has 5 aromatic rings. The van der Waals surface area contributed by atoms with Crippen LogP contribution in [-0.2, 0) is 36.4 Å². The lowest BCUT2D eigenvalue weighted by atomic mass is 9.81. The van der Waals surface area contributed by atoms with Gasteiger partial charge in [0.25, 0.3) is 11.8 Å². The third kappa shape index (κ3) is 5.84. The van der Waals surface area contributed by atoms with E-state index in [9.17, 15) is 36.6 Å². The molecule has 2 aliphatic carbocycles. The summed E-state index contributed by atoms with van der Waals surface area (Å²) in [5.74, 6) is -9.65. The van der Waals surface area contributed by atoms with Crippen molar-refractivity contribution in [3.63, 3.8) is 0 Å². The number of fused-ring (bicyclic) bond motifs is 5. The predicted octanol–water partition coefficient (Wildman–Crippen LogP) is 6.14. The molecule has 4 aliphatic rings. The number of thiazole rings is 1. The number of carbonyl (C=O) groups is 2. The van der Waals surface area contributed by atoms with E-state index in [0.717, 1.165) is 18.2 Å². The van der Waals surface area contributed by atoms with Crippen molar-refractivity contribution >= 4 is 38.6 Å². The van der Waals surface area contributed by atoms with Crippen molar-refractivity contribution < 1.29 is 45.4 Å². The molecule has 55 heavy (non-hydrogen) atoms. The molecule has 0 radical (unpaired) electrons. The van der Waals surface area contributed by atoms with Gasteiger partial charge in [-0.15, -0.1) is 0 Å². The zero-order valence-corrected chi connectivity index (χ0v) is 29.3. The molecule has 18 heteroatoms. The molecule has 284 valence electrons. The third-order valence-electron chi connectivity index (χ3n) is 10.4. The maximum Gasteiger partial charge on any atom is 0.435 e. The highest BCUT2D eigenvalue weighted by Gasteiger charge is 2.61. The molecule has 3 N–H and O–H groups in total. The molecule has 1 fully saturated rings. The van der Waals surface area contributed by atoms with Gasteiger partial charge in [-0.25, -0.2) is 13.8 Å². The van der Waals surface area contributed by atoms with Gasteiger partial charge in [0.2, 0.25) is 5.91 Å². The second-order valence-corrected chi connectivity index (χ2v) is 15.5. The normalized spacial score (nSPS) is 20.7. The number of alkyl halides is 5. The van der Waals surface area contributed by atoms with Gasteiger partial charge >= 0.3 is 6.18 Å². The summed E-state index contributed by atoms with van der Waals surface area (Å²) in [7, 11) is 0. The summed E-state index contributed by atoms with van der Waals surface area (Å²) >= 11 is 1.28. The van der Waals surface area contributed by atoms with E-state index in [0.29, 0.717) is 55.9 Å². The van der Waals surface area contributed by atoms with E-state index in [-0.39, 0.29) is 35.8 Å². The molecule has 0 saturated carbocycles. The highest BCUT2D eigenvalue weighted by atomic mass is 32.1. The van der Waals surface area contributed by atoms with Gasteiger partial charge in [-0.3, -0.25) is 14.3 Å². The quantitative estimate of drug-likeness (QED) is 0.128. The Morgan fingerprint density at radius 1 is 1.07 bits per heavy atom. The fourth-order valence-corrected chi connectivity index (χ4v) is 8.98. The van der Waals surface area contributed by atoms with Gasteiger partial charge in [0.15, 0.2) is 16.5 Å². The van der Waals surface area contributed by atoms with Gasteiger partial charge in [-0.1, -0.05) is 35.6 Å². The standard InChI is InChI=1S/C37H28F7N7O3S/c1-35(54)14-50(15-35)34-48-32-26(55-34)11-22(19-3-2-4-20-23(19)12-45-33(20)53)29(47-32)25(9-16-7-17(38)10-18(39)8-16)46-27(52)13-51-31-28(30(49-51)37(42,43)44)21-5-6-24(21)36(31,40)41/h2-8,10-11,21,24-25,54H,9,12-15H2,1H3,(H,45,53)(H,46,52)/t21-,24+,25-/m0/s1. The van der Waals surface area contributed by atoms with Gasteiger partial charge in [-0.2, -0.15) is 32.0 Å². The first-order valence-electron chi connectivity index (χ1n) is 17.1. The number of rotatable bonds is 8. The van der Waals surface area contributed by atoms with Crippen LogP contribution in [0.4, 0.5) is 35.9 Å². The molecule has 10 nitrogen and oxygen atoms in total. The second-order valence-electron chi connectivity index (χ2n) is 14.5. The van der Waals surface area contributed by atoms with E-state index in [4.69, 9.17) is 4.98 Å². The number of anilines is 1. The Morgan fingerprint density at radius 2 is 1.80 bits per heavy atom. The molecule has 0 spiro atoms. The molecule has 5 heterocycles. The second kappa shape index (κ2) is 12.1. The summed E-state index contributed by atoms with van der Waals surface area (Å²) in [5.41, 5.74) is -1.75. The SMILES string of the molecule is CC1(O)CN(c2nc3nc([C@H](Cc4cc(F)cc(F)c4)NC(=O)Cn4nc(C(F)(F)F)c5c4C(F)(F)[C@@H]4C=C[C@H]54)c(-c4cccc5c4CNC5=O)cc3s2)C1. The summed E-state index contributed by atoms with van der Waals surface area (Å²) in [6.07, 6.45) is -3.01. The molecular formula is C37H28F7N7O3S. The van der Waals surface area contributed by atoms with E-state index >= 15 is 8.78 Å². The number of benzene rings is 2. The van der Waals surface area contributed by atoms with Crippen LogP contribution in [-0.4, -0.2) is 55.4 Å². The molecular weight excluding hydrogens is 756 g/mol. The van der Waals surface area contributed by atoms with Crippen LogP contribution in [0.2, 0.25) is 0 Å². The van der Waals surface area contributed by atoms with E-state index < -0.39 is 76.6 Å². The van der Waals surface area contributed by atoms with Crippen LogP contribution < -0.4 is 15.5 Å². The third-order valence-corrected chi connectivity index (χ3v) is 11.5. The van der Waals surface area contributed by atoms with Crippen LogP contribution in [0.3, 0.4) is 0 Å². The highest BCUT2D eigenvalue weighted by Crippen LogP contribution is 2.60. The van der Waals surface area contributed by atoms with Crippen LogP contribution in [0, 0.1) is 17.6 Å². The van der Waals surface area contributed by atoms with E-state index in [2.05, 4.69) is 20.7 Å². The van der Waals surface area contributed by atoms with Gasteiger partial charge in [0, 0.05) is 35.2 Å². The van der Waals surface area contributed by atoms with Gasteiger partial charge in [-0.05, 0) is 54.3 Å². The van der Waals surface area contributed by atoms with E-state index in [1.54, 1.807) is 31.2 Å². The molecule has 2 aromatic carbocycles. The molecule has 9 rings (SSSR count). The van der Waals surface area contributed by atoms with Crippen molar-refractivity contribution in [2.75, 3.05) is 18.0 Å². The van der Waals surface area contributed by atoms with Gasteiger partial charge in [0.05, 0.1) is 41.0 Å². The average molecular weight is 784 g/mol. The Balaban J connectivity index is 1.16. The van der Waals surface area contributed by atoms with Crippen molar-refractivity contribution in [1.82, 2.24) is 30.4 Å². The minimum atomic E-state index is -5.08. The number of allylic oxidation sites excluding steroid dienone is 2. The monoisotopic (exact) mass is 783 g/mol. The first-order chi connectivity index (χ1) is 26.0. The molecule has 0 unspecified atom stereocenters. The minimum absolute atomic E-state index is 0.0704. The van der Waals surface area contributed by atoms with Gasteiger partial charge in [0.1, 0.15) is 23.9 Å². The summed E-state index contributed by atoms with van der Waals surface area (Å²) in [5, 5.41) is 19.8. The number of aromatic nitrogens is 4. The molecule has 1 saturated heterocycles. The number of carbonyl (C=O) groups excluding carboxylic acids is 2. The largest absolute Gasteiger partial charge is 0.435 e. The Morgan fingerprint density at radius 3 is 2.47 bits per heavy atom. The number of amides is 2. The Hall–Kier alpha value is -5.36. The lowest BCUT2D eigenvalue weighted by Gasteiger charge is -2.43. The van der Waals surface area contributed by atoms with Crippen LogP contribution in [0.5, 0.6) is 0 Å².